The van der Waals surface area contributed by atoms with Crippen LogP contribution in [0, 0.1) is 5.92 Å². The molecule has 1 aliphatic rings. The summed E-state index contributed by atoms with van der Waals surface area (Å²) in [4.78, 5) is 2.23. The van der Waals surface area contributed by atoms with Crippen LogP contribution < -0.4 is 5.73 Å². The molecule has 1 rings (SSSR count). The van der Waals surface area contributed by atoms with Gasteiger partial charge >= 0.3 is 6.18 Å². The molecule has 0 aromatic carbocycles. The van der Waals surface area contributed by atoms with E-state index in [-0.39, 0.29) is 12.1 Å². The van der Waals surface area contributed by atoms with Crippen LogP contribution in [-0.4, -0.2) is 50.0 Å². The molecule has 0 radical (unpaired) electrons. The van der Waals surface area contributed by atoms with E-state index in [0.717, 1.165) is 25.3 Å². The van der Waals surface area contributed by atoms with E-state index in [1.165, 1.54) is 19.3 Å². The molecule has 0 heterocycles. The maximum Gasteiger partial charge on any atom is 0.411 e. The summed E-state index contributed by atoms with van der Waals surface area (Å²) in [6.45, 7) is 2.55. The molecule has 0 atom stereocenters. The van der Waals surface area contributed by atoms with E-state index >= 15 is 0 Å². The highest BCUT2D eigenvalue weighted by Crippen LogP contribution is 2.36. The number of rotatable bonds is 8. The summed E-state index contributed by atoms with van der Waals surface area (Å²) in [5.41, 5.74) is 6.02. The highest BCUT2D eigenvalue weighted by atomic mass is 19.4. The number of ether oxygens (including phenoxy) is 1. The molecule has 21 heavy (non-hydrogen) atoms. The summed E-state index contributed by atoms with van der Waals surface area (Å²) >= 11 is 0. The van der Waals surface area contributed by atoms with Gasteiger partial charge in [0, 0.05) is 25.2 Å². The van der Waals surface area contributed by atoms with Crippen LogP contribution in [0.1, 0.15) is 45.4 Å². The van der Waals surface area contributed by atoms with Crippen LogP contribution in [-0.2, 0) is 4.74 Å². The summed E-state index contributed by atoms with van der Waals surface area (Å²) in [5.74, 6) is 0.799. The second-order valence-corrected chi connectivity index (χ2v) is 6.22. The number of nitrogens with zero attached hydrogens (tertiary/aromatic N) is 1. The van der Waals surface area contributed by atoms with Gasteiger partial charge in [0.2, 0.25) is 0 Å². The molecule has 0 amide bonds. The molecule has 2 N–H and O–H groups in total. The quantitative estimate of drug-likeness (QED) is 0.700. The number of nitrogens with two attached hydrogens (primary N) is 1. The molecule has 0 aromatic heterocycles. The summed E-state index contributed by atoms with van der Waals surface area (Å²) in [5, 5.41) is 0. The zero-order chi connectivity index (χ0) is 15.9. The Morgan fingerprint density at radius 3 is 2.38 bits per heavy atom. The molecule has 1 fully saturated rings. The number of halogens is 3. The Bertz CT molecular complexity index is 289. The normalized spacial score (nSPS) is 27.3. The molecular formula is C15H29F3N2O. The topological polar surface area (TPSA) is 38.5 Å². The van der Waals surface area contributed by atoms with Crippen molar-refractivity contribution >= 4 is 0 Å². The third-order valence-electron chi connectivity index (χ3n) is 4.85. The van der Waals surface area contributed by atoms with E-state index < -0.39 is 12.8 Å². The molecule has 1 saturated carbocycles. The van der Waals surface area contributed by atoms with Gasteiger partial charge in [0.1, 0.15) is 6.61 Å². The fourth-order valence-corrected chi connectivity index (χ4v) is 3.19. The third-order valence-corrected chi connectivity index (χ3v) is 4.85. The van der Waals surface area contributed by atoms with Crippen molar-refractivity contribution in [3.8, 4) is 0 Å². The number of hydrogen-bond acceptors (Lipinski definition) is 3. The first kappa shape index (κ1) is 18.7. The van der Waals surface area contributed by atoms with Crippen molar-refractivity contribution in [1.82, 2.24) is 4.90 Å². The Hall–Kier alpha value is -0.330. The van der Waals surface area contributed by atoms with E-state index in [1.54, 1.807) is 0 Å². The number of likely N-dealkylation sites (N-methyl/N-ethyl adjacent to an activating group) is 1. The lowest BCUT2D eigenvalue weighted by Gasteiger charge is -2.46. The van der Waals surface area contributed by atoms with Gasteiger partial charge in [-0.2, -0.15) is 13.2 Å². The average molecular weight is 310 g/mol. The predicted molar refractivity (Wildman–Crippen MR) is 78.2 cm³/mol. The SMILES string of the molecule is CCC1CCC(CN)(N(C)CCCOCC(F)(F)F)CC1. The molecule has 0 spiro atoms. The zero-order valence-electron chi connectivity index (χ0n) is 13.2. The average Bonchev–Trinajstić information content (AvgIpc) is 2.45. The first-order chi connectivity index (χ1) is 9.83. The highest BCUT2D eigenvalue weighted by Gasteiger charge is 2.36. The van der Waals surface area contributed by atoms with E-state index in [2.05, 4.69) is 16.6 Å². The van der Waals surface area contributed by atoms with E-state index in [1.807, 2.05) is 7.05 Å². The highest BCUT2D eigenvalue weighted by molar-refractivity contribution is 4.94. The molecule has 0 saturated heterocycles. The standard InChI is InChI=1S/C15H29F3N2O/c1-3-13-5-7-14(11-19,8-6-13)20(2)9-4-10-21-12-15(16,17)18/h13H,3-12,19H2,1-2H3. The summed E-state index contributed by atoms with van der Waals surface area (Å²) in [7, 11) is 2.03. The Labute approximate surface area is 126 Å². The Morgan fingerprint density at radius 2 is 1.90 bits per heavy atom. The van der Waals surface area contributed by atoms with Crippen molar-refractivity contribution in [2.45, 2.75) is 57.2 Å². The van der Waals surface area contributed by atoms with Crippen LogP contribution in [0.3, 0.4) is 0 Å². The molecule has 0 unspecified atom stereocenters. The fraction of sp³-hybridized carbons (Fsp3) is 1.00. The van der Waals surface area contributed by atoms with Crippen LogP contribution in [0.25, 0.3) is 0 Å². The van der Waals surface area contributed by atoms with Gasteiger partial charge in [-0.25, -0.2) is 0 Å². The van der Waals surface area contributed by atoms with Crippen LogP contribution in [0.2, 0.25) is 0 Å². The number of hydrogen-bond donors (Lipinski definition) is 1. The smallest absolute Gasteiger partial charge is 0.372 e. The molecular weight excluding hydrogens is 281 g/mol. The first-order valence-corrected chi connectivity index (χ1v) is 7.89. The minimum absolute atomic E-state index is 0.0235. The van der Waals surface area contributed by atoms with E-state index in [4.69, 9.17) is 5.73 Å². The maximum absolute atomic E-state index is 12.0. The minimum Gasteiger partial charge on any atom is -0.372 e. The number of alkyl halides is 3. The Balaban J connectivity index is 2.30. The molecule has 6 heteroatoms. The van der Waals surface area contributed by atoms with Crippen molar-refractivity contribution in [1.29, 1.82) is 0 Å². The molecule has 3 nitrogen and oxygen atoms in total. The van der Waals surface area contributed by atoms with Crippen LogP contribution in [0.4, 0.5) is 13.2 Å². The maximum atomic E-state index is 12.0. The molecule has 0 aliphatic heterocycles. The summed E-state index contributed by atoms with van der Waals surface area (Å²) in [6, 6.07) is 0. The summed E-state index contributed by atoms with van der Waals surface area (Å²) < 4.78 is 40.6. The van der Waals surface area contributed by atoms with Gasteiger partial charge in [-0.1, -0.05) is 13.3 Å². The monoisotopic (exact) mass is 310 g/mol. The zero-order valence-corrected chi connectivity index (χ0v) is 13.2. The predicted octanol–water partition coefficient (Wildman–Crippen LogP) is 3.18. The van der Waals surface area contributed by atoms with Gasteiger partial charge in [0.05, 0.1) is 0 Å². The lowest BCUT2D eigenvalue weighted by atomic mass is 9.74. The van der Waals surface area contributed by atoms with Gasteiger partial charge in [0.25, 0.3) is 0 Å². The second kappa shape index (κ2) is 8.34. The third kappa shape index (κ3) is 6.12. The molecule has 0 bridgehead atoms. The minimum atomic E-state index is -4.23. The van der Waals surface area contributed by atoms with Crippen LogP contribution >= 0.6 is 0 Å². The fourth-order valence-electron chi connectivity index (χ4n) is 3.19. The van der Waals surface area contributed by atoms with Crippen molar-refractivity contribution in [3.05, 3.63) is 0 Å². The lowest BCUT2D eigenvalue weighted by Crippen LogP contribution is -2.54. The lowest BCUT2D eigenvalue weighted by molar-refractivity contribution is -0.174. The second-order valence-electron chi connectivity index (χ2n) is 6.22. The van der Waals surface area contributed by atoms with Crippen molar-refractivity contribution < 1.29 is 17.9 Å². The van der Waals surface area contributed by atoms with Gasteiger partial charge in [-0.3, -0.25) is 4.90 Å². The Kier molecular flexibility index (Phi) is 7.44. The van der Waals surface area contributed by atoms with Crippen molar-refractivity contribution in [2.75, 3.05) is 33.4 Å². The van der Waals surface area contributed by atoms with Crippen LogP contribution in [0.15, 0.2) is 0 Å². The molecule has 126 valence electrons. The van der Waals surface area contributed by atoms with Crippen molar-refractivity contribution in [2.24, 2.45) is 11.7 Å². The molecule has 1 aliphatic carbocycles. The van der Waals surface area contributed by atoms with Gasteiger partial charge in [-0.15, -0.1) is 0 Å². The van der Waals surface area contributed by atoms with Crippen molar-refractivity contribution in [3.63, 3.8) is 0 Å². The van der Waals surface area contributed by atoms with E-state index in [0.29, 0.717) is 13.0 Å². The largest absolute Gasteiger partial charge is 0.411 e. The van der Waals surface area contributed by atoms with Gasteiger partial charge in [0.15, 0.2) is 0 Å². The molecule has 0 aromatic rings. The van der Waals surface area contributed by atoms with Gasteiger partial charge in [-0.05, 0) is 45.1 Å². The summed E-state index contributed by atoms with van der Waals surface area (Å²) in [6.07, 6.45) is 2.15. The van der Waals surface area contributed by atoms with Gasteiger partial charge < -0.3 is 10.5 Å². The first-order valence-electron chi connectivity index (χ1n) is 7.89. The Morgan fingerprint density at radius 1 is 1.29 bits per heavy atom. The van der Waals surface area contributed by atoms with E-state index in [9.17, 15) is 13.2 Å². The van der Waals surface area contributed by atoms with Crippen LogP contribution in [0.5, 0.6) is 0 Å².